The Morgan fingerprint density at radius 2 is 2.16 bits per heavy atom. The maximum Gasteiger partial charge on any atom is 0.193 e. The van der Waals surface area contributed by atoms with Gasteiger partial charge in [-0.2, -0.15) is 0 Å². The summed E-state index contributed by atoms with van der Waals surface area (Å²) in [5, 5.41) is 3.79. The summed E-state index contributed by atoms with van der Waals surface area (Å²) < 4.78 is 11.5. The molecule has 1 aromatic heterocycles. The van der Waals surface area contributed by atoms with Crippen LogP contribution in [0.15, 0.2) is 39.2 Å². The van der Waals surface area contributed by atoms with Gasteiger partial charge in [-0.3, -0.25) is 0 Å². The van der Waals surface area contributed by atoms with E-state index in [4.69, 9.17) is 20.8 Å². The summed E-state index contributed by atoms with van der Waals surface area (Å²) in [6.45, 7) is 2.73. The van der Waals surface area contributed by atoms with Gasteiger partial charge in [-0.1, -0.05) is 6.07 Å². The van der Waals surface area contributed by atoms with Crippen molar-refractivity contribution in [3.05, 3.63) is 51.3 Å². The van der Waals surface area contributed by atoms with Crippen LogP contribution < -0.4 is 10.1 Å². The molecular formula is C14H15BrClNO2. The minimum Gasteiger partial charge on any atom is -0.496 e. The van der Waals surface area contributed by atoms with Crippen molar-refractivity contribution in [1.82, 2.24) is 5.32 Å². The fourth-order valence-electron chi connectivity index (χ4n) is 1.77. The standard InChI is InChI=1S/C14H15BrClNO2/c1-9(17-8-11-4-6-14(16)19-11)10-3-5-13(18-2)12(15)7-10/h3-7,9,17H,8H2,1-2H3. The summed E-state index contributed by atoms with van der Waals surface area (Å²) in [5.74, 6) is 1.65. The van der Waals surface area contributed by atoms with Gasteiger partial charge in [0, 0.05) is 6.04 Å². The second-order valence-corrected chi connectivity index (χ2v) is 5.43. The second kappa shape index (κ2) is 6.46. The molecule has 0 amide bonds. The first-order valence-corrected chi connectivity index (χ1v) is 7.08. The van der Waals surface area contributed by atoms with Crippen molar-refractivity contribution in [2.75, 3.05) is 7.11 Å². The summed E-state index contributed by atoms with van der Waals surface area (Å²) in [6, 6.07) is 9.84. The lowest BCUT2D eigenvalue weighted by Gasteiger charge is -2.14. The molecule has 19 heavy (non-hydrogen) atoms. The zero-order valence-corrected chi connectivity index (χ0v) is 13.1. The summed E-state index contributed by atoms with van der Waals surface area (Å²) in [7, 11) is 1.65. The molecule has 0 bridgehead atoms. The SMILES string of the molecule is COc1ccc(C(C)NCc2ccc(Cl)o2)cc1Br. The van der Waals surface area contributed by atoms with Crippen LogP contribution in [0.5, 0.6) is 5.75 Å². The smallest absolute Gasteiger partial charge is 0.193 e. The van der Waals surface area contributed by atoms with Gasteiger partial charge in [0.15, 0.2) is 5.22 Å². The molecule has 3 nitrogen and oxygen atoms in total. The first kappa shape index (κ1) is 14.4. The van der Waals surface area contributed by atoms with Crippen LogP contribution in [-0.4, -0.2) is 7.11 Å². The van der Waals surface area contributed by atoms with Gasteiger partial charge in [0.1, 0.15) is 11.5 Å². The molecule has 1 N–H and O–H groups in total. The molecule has 0 spiro atoms. The molecule has 0 radical (unpaired) electrons. The number of hydrogen-bond donors (Lipinski definition) is 1. The molecule has 0 aliphatic rings. The summed E-state index contributed by atoms with van der Waals surface area (Å²) in [5.41, 5.74) is 1.17. The van der Waals surface area contributed by atoms with E-state index in [1.165, 1.54) is 5.56 Å². The summed E-state index contributed by atoms with van der Waals surface area (Å²) in [6.07, 6.45) is 0. The Morgan fingerprint density at radius 1 is 1.37 bits per heavy atom. The number of methoxy groups -OCH3 is 1. The van der Waals surface area contributed by atoms with Crippen molar-refractivity contribution >= 4 is 27.5 Å². The highest BCUT2D eigenvalue weighted by Crippen LogP contribution is 2.28. The van der Waals surface area contributed by atoms with Gasteiger partial charge >= 0.3 is 0 Å². The number of benzene rings is 1. The first-order valence-electron chi connectivity index (χ1n) is 5.91. The molecule has 0 fully saturated rings. The lowest BCUT2D eigenvalue weighted by atomic mass is 10.1. The Balaban J connectivity index is 1.99. The Kier molecular flexibility index (Phi) is 4.91. The minimum atomic E-state index is 0.200. The van der Waals surface area contributed by atoms with Crippen molar-refractivity contribution < 1.29 is 9.15 Å². The maximum atomic E-state index is 5.73. The number of rotatable bonds is 5. The number of nitrogens with one attached hydrogen (secondary N) is 1. The van der Waals surface area contributed by atoms with E-state index in [2.05, 4.69) is 28.2 Å². The van der Waals surface area contributed by atoms with E-state index in [1.54, 1.807) is 13.2 Å². The molecule has 0 aliphatic heterocycles. The monoisotopic (exact) mass is 343 g/mol. The van der Waals surface area contributed by atoms with Gasteiger partial charge in [-0.15, -0.1) is 0 Å². The predicted octanol–water partition coefficient (Wildman–Crippen LogP) is 4.55. The Morgan fingerprint density at radius 3 is 2.74 bits per heavy atom. The highest BCUT2D eigenvalue weighted by atomic mass is 79.9. The lowest BCUT2D eigenvalue weighted by Crippen LogP contribution is -2.17. The third-order valence-corrected chi connectivity index (χ3v) is 3.71. The molecular weight excluding hydrogens is 330 g/mol. The Hall–Kier alpha value is -0.970. The fraction of sp³-hybridized carbons (Fsp3) is 0.286. The average Bonchev–Trinajstić information content (AvgIpc) is 2.81. The minimum absolute atomic E-state index is 0.200. The van der Waals surface area contributed by atoms with E-state index < -0.39 is 0 Å². The second-order valence-electron chi connectivity index (χ2n) is 4.20. The maximum absolute atomic E-state index is 5.73. The van der Waals surface area contributed by atoms with E-state index in [0.29, 0.717) is 11.8 Å². The van der Waals surface area contributed by atoms with Crippen LogP contribution in [0, 0.1) is 0 Å². The van der Waals surface area contributed by atoms with Crippen molar-refractivity contribution in [2.24, 2.45) is 0 Å². The Labute approximate surface area is 126 Å². The summed E-state index contributed by atoms with van der Waals surface area (Å²) >= 11 is 9.22. The van der Waals surface area contributed by atoms with E-state index >= 15 is 0 Å². The van der Waals surface area contributed by atoms with E-state index in [0.717, 1.165) is 16.0 Å². The Bertz CT molecular complexity index is 556. The van der Waals surface area contributed by atoms with Crippen LogP contribution >= 0.6 is 27.5 Å². The van der Waals surface area contributed by atoms with Crippen molar-refractivity contribution in [3.8, 4) is 5.75 Å². The molecule has 1 aromatic carbocycles. The van der Waals surface area contributed by atoms with Gasteiger partial charge in [0.05, 0.1) is 18.1 Å². The molecule has 102 valence electrons. The zero-order valence-electron chi connectivity index (χ0n) is 10.7. The quantitative estimate of drug-likeness (QED) is 0.863. The third kappa shape index (κ3) is 3.75. The fourth-order valence-corrected chi connectivity index (χ4v) is 2.49. The van der Waals surface area contributed by atoms with Gasteiger partial charge in [0.25, 0.3) is 0 Å². The van der Waals surface area contributed by atoms with Crippen molar-refractivity contribution in [1.29, 1.82) is 0 Å². The van der Waals surface area contributed by atoms with Crippen LogP contribution in [-0.2, 0) is 6.54 Å². The number of furan rings is 1. The number of hydrogen-bond acceptors (Lipinski definition) is 3. The van der Waals surface area contributed by atoms with E-state index in [-0.39, 0.29) is 6.04 Å². The van der Waals surface area contributed by atoms with Crippen molar-refractivity contribution in [3.63, 3.8) is 0 Å². The molecule has 0 saturated carbocycles. The average molecular weight is 345 g/mol. The highest BCUT2D eigenvalue weighted by molar-refractivity contribution is 9.10. The van der Waals surface area contributed by atoms with E-state index in [1.807, 2.05) is 24.3 Å². The third-order valence-electron chi connectivity index (χ3n) is 2.89. The predicted molar refractivity (Wildman–Crippen MR) is 79.7 cm³/mol. The molecule has 5 heteroatoms. The zero-order chi connectivity index (χ0) is 13.8. The van der Waals surface area contributed by atoms with Crippen LogP contribution in [0.4, 0.5) is 0 Å². The molecule has 1 atom stereocenters. The van der Waals surface area contributed by atoms with Gasteiger partial charge in [-0.25, -0.2) is 0 Å². The molecule has 0 saturated heterocycles. The van der Waals surface area contributed by atoms with Crippen LogP contribution in [0.25, 0.3) is 0 Å². The van der Waals surface area contributed by atoms with Crippen LogP contribution in [0.2, 0.25) is 5.22 Å². The topological polar surface area (TPSA) is 34.4 Å². The highest BCUT2D eigenvalue weighted by Gasteiger charge is 2.09. The lowest BCUT2D eigenvalue weighted by molar-refractivity contribution is 0.411. The van der Waals surface area contributed by atoms with E-state index in [9.17, 15) is 0 Å². The molecule has 1 heterocycles. The summed E-state index contributed by atoms with van der Waals surface area (Å²) in [4.78, 5) is 0. The number of ether oxygens (including phenoxy) is 1. The molecule has 2 aromatic rings. The molecule has 1 unspecified atom stereocenters. The molecule has 2 rings (SSSR count). The number of halogens is 2. The largest absolute Gasteiger partial charge is 0.496 e. The van der Waals surface area contributed by atoms with Crippen LogP contribution in [0.1, 0.15) is 24.3 Å². The molecule has 0 aliphatic carbocycles. The van der Waals surface area contributed by atoms with Gasteiger partial charge < -0.3 is 14.5 Å². The van der Waals surface area contributed by atoms with Crippen molar-refractivity contribution in [2.45, 2.75) is 19.5 Å². The first-order chi connectivity index (χ1) is 9.10. The van der Waals surface area contributed by atoms with Gasteiger partial charge in [0.2, 0.25) is 0 Å². The normalized spacial score (nSPS) is 12.4. The van der Waals surface area contributed by atoms with Crippen LogP contribution in [0.3, 0.4) is 0 Å². The van der Waals surface area contributed by atoms with Gasteiger partial charge in [-0.05, 0) is 64.3 Å².